The van der Waals surface area contributed by atoms with Crippen LogP contribution in [0.25, 0.3) is 0 Å². The van der Waals surface area contributed by atoms with Gasteiger partial charge in [0, 0.05) is 50.9 Å². The van der Waals surface area contributed by atoms with Crippen molar-refractivity contribution in [3.8, 4) is 11.5 Å². The van der Waals surface area contributed by atoms with Gasteiger partial charge in [0.2, 0.25) is 0 Å². The predicted octanol–water partition coefficient (Wildman–Crippen LogP) is 5.50. The first kappa shape index (κ1) is 27.7. The van der Waals surface area contributed by atoms with Gasteiger partial charge in [-0.15, -0.1) is 0 Å². The largest absolute Gasteiger partial charge is 0.508 e. The van der Waals surface area contributed by atoms with E-state index in [0.29, 0.717) is 25.7 Å². The van der Waals surface area contributed by atoms with E-state index in [4.69, 9.17) is 4.74 Å². The number of benzene rings is 3. The van der Waals surface area contributed by atoms with Crippen LogP contribution < -0.4 is 4.74 Å². The molecule has 1 amide bonds. The van der Waals surface area contributed by atoms with Gasteiger partial charge < -0.3 is 14.7 Å². The van der Waals surface area contributed by atoms with Crippen molar-refractivity contribution in [1.29, 1.82) is 0 Å². The van der Waals surface area contributed by atoms with Crippen LogP contribution in [0.3, 0.4) is 0 Å². The normalized spacial score (nSPS) is 20.3. The van der Waals surface area contributed by atoms with E-state index in [9.17, 15) is 9.90 Å². The number of piperazine rings is 1. The van der Waals surface area contributed by atoms with Crippen molar-refractivity contribution in [3.05, 3.63) is 95.1 Å². The maximum absolute atomic E-state index is 13.0. The summed E-state index contributed by atoms with van der Waals surface area (Å²) in [4.78, 5) is 19.9. The molecule has 1 fully saturated rings. The smallest absolute Gasteiger partial charge is 0.253 e. The molecular formula is C32H41N3O3. The molecule has 2 atom stereocenters. The summed E-state index contributed by atoms with van der Waals surface area (Å²) in [5.74, 6) is 1.21. The van der Waals surface area contributed by atoms with E-state index < -0.39 is 0 Å². The zero-order valence-electron chi connectivity index (χ0n) is 23.4. The molecule has 3 aromatic rings. The van der Waals surface area contributed by atoms with E-state index in [2.05, 4.69) is 47.9 Å². The van der Waals surface area contributed by atoms with Gasteiger partial charge in [-0.25, -0.2) is 0 Å². The highest BCUT2D eigenvalue weighted by atomic mass is 16.5. The average molecular weight is 516 g/mol. The number of ether oxygens (including phenoxy) is 1. The van der Waals surface area contributed by atoms with E-state index >= 15 is 0 Å². The van der Waals surface area contributed by atoms with Gasteiger partial charge in [0.15, 0.2) is 0 Å². The van der Waals surface area contributed by atoms with Crippen LogP contribution in [0.1, 0.15) is 54.7 Å². The fourth-order valence-corrected chi connectivity index (χ4v) is 5.57. The molecule has 202 valence electrons. The van der Waals surface area contributed by atoms with Crippen molar-refractivity contribution in [2.45, 2.75) is 52.4 Å². The number of rotatable bonds is 9. The van der Waals surface area contributed by atoms with Crippen LogP contribution in [0.2, 0.25) is 0 Å². The molecule has 0 saturated carbocycles. The highest BCUT2D eigenvalue weighted by Gasteiger charge is 2.42. The van der Waals surface area contributed by atoms with Gasteiger partial charge in [-0.3, -0.25) is 14.6 Å². The van der Waals surface area contributed by atoms with Crippen LogP contribution in [-0.4, -0.2) is 65.0 Å². The lowest BCUT2D eigenvalue weighted by Crippen LogP contribution is -2.61. The van der Waals surface area contributed by atoms with E-state index in [1.54, 1.807) is 13.2 Å². The van der Waals surface area contributed by atoms with Crippen molar-refractivity contribution in [1.82, 2.24) is 14.7 Å². The molecule has 0 unspecified atom stereocenters. The fourth-order valence-electron chi connectivity index (χ4n) is 5.57. The van der Waals surface area contributed by atoms with E-state index in [1.165, 1.54) is 5.56 Å². The number of aromatic hydroxyl groups is 1. The lowest BCUT2D eigenvalue weighted by molar-refractivity contribution is -0.0348. The summed E-state index contributed by atoms with van der Waals surface area (Å²) in [6.07, 6.45) is 0. The summed E-state index contributed by atoms with van der Waals surface area (Å²) < 4.78 is 5.45. The Morgan fingerprint density at radius 1 is 1.00 bits per heavy atom. The fraction of sp³-hybridized carbons (Fsp3) is 0.406. The second-order valence-corrected chi connectivity index (χ2v) is 10.5. The van der Waals surface area contributed by atoms with Crippen molar-refractivity contribution >= 4 is 5.91 Å². The van der Waals surface area contributed by atoms with Gasteiger partial charge in [-0.05, 0) is 80.8 Å². The third-order valence-electron chi connectivity index (χ3n) is 7.90. The van der Waals surface area contributed by atoms with Gasteiger partial charge in [-0.1, -0.05) is 36.4 Å². The van der Waals surface area contributed by atoms with Crippen LogP contribution in [0.5, 0.6) is 11.5 Å². The van der Waals surface area contributed by atoms with Crippen LogP contribution in [0.15, 0.2) is 72.8 Å². The Balaban J connectivity index is 1.64. The first-order chi connectivity index (χ1) is 18.3. The van der Waals surface area contributed by atoms with Crippen LogP contribution >= 0.6 is 0 Å². The Hall–Kier alpha value is -3.35. The third kappa shape index (κ3) is 6.03. The maximum atomic E-state index is 13.0. The van der Waals surface area contributed by atoms with Crippen molar-refractivity contribution in [3.63, 3.8) is 0 Å². The number of hydrogen-bond acceptors (Lipinski definition) is 5. The molecule has 1 aliphatic rings. The summed E-state index contributed by atoms with van der Waals surface area (Å²) in [5, 5.41) is 10.4. The molecule has 0 bridgehead atoms. The van der Waals surface area contributed by atoms with Crippen molar-refractivity contribution in [2.24, 2.45) is 0 Å². The molecule has 1 heterocycles. The van der Waals surface area contributed by atoms with Crippen LogP contribution in [0, 0.1) is 0 Å². The number of hydrogen-bond donors (Lipinski definition) is 1. The average Bonchev–Trinajstić information content (AvgIpc) is 2.92. The first-order valence-electron chi connectivity index (χ1n) is 13.6. The molecule has 0 spiro atoms. The Labute approximate surface area is 227 Å². The topological polar surface area (TPSA) is 56.3 Å². The third-order valence-corrected chi connectivity index (χ3v) is 7.90. The monoisotopic (exact) mass is 515 g/mol. The molecule has 4 rings (SSSR count). The Morgan fingerprint density at radius 3 is 2.37 bits per heavy atom. The summed E-state index contributed by atoms with van der Waals surface area (Å²) in [6, 6.07) is 24.2. The number of phenolic OH excluding ortho intramolecular Hbond substituents is 1. The molecule has 3 aromatic carbocycles. The van der Waals surface area contributed by atoms with E-state index in [-0.39, 0.29) is 17.2 Å². The molecule has 0 radical (unpaired) electrons. The van der Waals surface area contributed by atoms with E-state index in [1.807, 2.05) is 61.2 Å². The number of amides is 1. The van der Waals surface area contributed by atoms with Gasteiger partial charge in [0.1, 0.15) is 11.5 Å². The summed E-state index contributed by atoms with van der Waals surface area (Å²) in [5.41, 5.74) is 3.79. The minimum atomic E-state index is -0.344. The molecule has 38 heavy (non-hydrogen) atoms. The van der Waals surface area contributed by atoms with Crippen LogP contribution in [0.4, 0.5) is 0 Å². The SMILES string of the molecule is CCN(CC)C(=O)c1cccc(CN2C[C@@H](C)N(Cc3cccc(OC)c3)C[C@]2(C)c2cccc(O)c2)c1. The number of phenols is 1. The number of methoxy groups -OCH3 is 1. The van der Waals surface area contributed by atoms with Crippen molar-refractivity contribution < 1.29 is 14.6 Å². The summed E-state index contributed by atoms with van der Waals surface area (Å²) in [7, 11) is 1.70. The molecule has 0 aliphatic carbocycles. The minimum absolute atomic E-state index is 0.0732. The Morgan fingerprint density at radius 2 is 1.68 bits per heavy atom. The van der Waals surface area contributed by atoms with Crippen LogP contribution in [-0.2, 0) is 18.6 Å². The van der Waals surface area contributed by atoms with Crippen molar-refractivity contribution in [2.75, 3.05) is 33.3 Å². The van der Waals surface area contributed by atoms with Gasteiger partial charge in [0.05, 0.1) is 12.6 Å². The van der Waals surface area contributed by atoms with E-state index in [0.717, 1.165) is 42.1 Å². The zero-order valence-corrected chi connectivity index (χ0v) is 23.4. The minimum Gasteiger partial charge on any atom is -0.508 e. The molecule has 1 saturated heterocycles. The molecular weight excluding hydrogens is 474 g/mol. The highest BCUT2D eigenvalue weighted by molar-refractivity contribution is 5.94. The number of nitrogens with zero attached hydrogens (tertiary/aromatic N) is 3. The second-order valence-electron chi connectivity index (χ2n) is 10.5. The Bertz CT molecular complexity index is 1240. The molecule has 6 nitrogen and oxygen atoms in total. The lowest BCUT2D eigenvalue weighted by Gasteiger charge is -2.52. The first-order valence-corrected chi connectivity index (χ1v) is 13.6. The molecule has 1 aliphatic heterocycles. The Kier molecular flexibility index (Phi) is 8.75. The molecule has 6 heteroatoms. The van der Waals surface area contributed by atoms with Gasteiger partial charge in [-0.2, -0.15) is 0 Å². The summed E-state index contributed by atoms with van der Waals surface area (Å²) in [6.45, 7) is 13.1. The quantitative estimate of drug-likeness (QED) is 0.408. The number of carbonyl (C=O) groups is 1. The standard InChI is InChI=1S/C32H41N3O3/c1-6-33(7-2)31(37)27-13-8-11-25(17-27)22-35-20-24(3)34(21-26-12-9-16-30(18-26)38-5)23-32(35,4)28-14-10-15-29(36)19-28/h8-19,24,36H,6-7,20-23H2,1-5H3/t24-,32-/m1/s1. The van der Waals surface area contributed by atoms with Gasteiger partial charge in [0.25, 0.3) is 5.91 Å². The lowest BCUT2D eigenvalue weighted by atomic mass is 9.85. The number of carbonyl (C=O) groups excluding carboxylic acids is 1. The highest BCUT2D eigenvalue weighted by Crippen LogP contribution is 2.37. The van der Waals surface area contributed by atoms with Gasteiger partial charge >= 0.3 is 0 Å². The summed E-state index contributed by atoms with van der Waals surface area (Å²) >= 11 is 0. The predicted molar refractivity (Wildman–Crippen MR) is 152 cm³/mol. The molecule has 1 N–H and O–H groups in total. The zero-order chi connectivity index (χ0) is 27.3. The molecule has 0 aromatic heterocycles. The second kappa shape index (κ2) is 12.0. The maximum Gasteiger partial charge on any atom is 0.253 e.